The molecule has 0 saturated heterocycles. The number of nitrogens with one attached hydrogen (secondary N) is 1. The first-order chi connectivity index (χ1) is 9.65. The van der Waals surface area contributed by atoms with Gasteiger partial charge in [-0.1, -0.05) is 34.1 Å². The van der Waals surface area contributed by atoms with Gasteiger partial charge in [0.2, 0.25) is 5.91 Å². The van der Waals surface area contributed by atoms with E-state index in [1.165, 1.54) is 6.08 Å². The fraction of sp³-hybridized carbons (Fsp3) is 0.125. The molecule has 4 heteroatoms. The van der Waals surface area contributed by atoms with Crippen LogP contribution in [0.3, 0.4) is 0 Å². The second kappa shape index (κ2) is 7.01. The van der Waals surface area contributed by atoms with Gasteiger partial charge in [0, 0.05) is 22.9 Å². The van der Waals surface area contributed by atoms with Crippen LogP contribution in [0.4, 0.5) is 0 Å². The summed E-state index contributed by atoms with van der Waals surface area (Å²) in [5.74, 6) is -0.124. The molecule has 0 saturated carbocycles. The van der Waals surface area contributed by atoms with Gasteiger partial charge in [-0.05, 0) is 42.3 Å². The van der Waals surface area contributed by atoms with Crippen molar-refractivity contribution >= 4 is 27.9 Å². The molecule has 0 bridgehead atoms. The normalized spacial score (nSPS) is 12.3. The second-order valence-electron chi connectivity index (χ2n) is 4.40. The standard InChI is InChI=1S/C16H15BrN2O/c1-12(14-5-2-6-15(17)10-14)19-16(20)8-7-13-4-3-9-18-11-13/h2-12H,1H3,(H,19,20)/b8-7+. The molecular weight excluding hydrogens is 316 g/mol. The Balaban J connectivity index is 1.96. The number of pyridine rings is 1. The van der Waals surface area contributed by atoms with Crippen molar-refractivity contribution in [2.45, 2.75) is 13.0 Å². The smallest absolute Gasteiger partial charge is 0.244 e. The van der Waals surface area contributed by atoms with Crippen LogP contribution >= 0.6 is 15.9 Å². The minimum Gasteiger partial charge on any atom is -0.346 e. The van der Waals surface area contributed by atoms with E-state index in [4.69, 9.17) is 0 Å². The second-order valence-corrected chi connectivity index (χ2v) is 5.32. The van der Waals surface area contributed by atoms with Gasteiger partial charge in [-0.3, -0.25) is 9.78 Å². The third-order valence-electron chi connectivity index (χ3n) is 2.82. The van der Waals surface area contributed by atoms with Crippen molar-refractivity contribution < 1.29 is 4.79 Å². The third kappa shape index (κ3) is 4.31. The number of hydrogen-bond donors (Lipinski definition) is 1. The maximum absolute atomic E-state index is 11.9. The van der Waals surface area contributed by atoms with Crippen molar-refractivity contribution in [2.75, 3.05) is 0 Å². The highest BCUT2D eigenvalue weighted by Crippen LogP contribution is 2.17. The van der Waals surface area contributed by atoms with E-state index < -0.39 is 0 Å². The minimum atomic E-state index is -0.124. The van der Waals surface area contributed by atoms with Crippen LogP contribution in [0.2, 0.25) is 0 Å². The average Bonchev–Trinajstić information content (AvgIpc) is 2.46. The van der Waals surface area contributed by atoms with E-state index in [0.29, 0.717) is 0 Å². The molecule has 2 rings (SSSR count). The van der Waals surface area contributed by atoms with Crippen molar-refractivity contribution in [3.05, 3.63) is 70.5 Å². The van der Waals surface area contributed by atoms with E-state index in [2.05, 4.69) is 26.2 Å². The summed E-state index contributed by atoms with van der Waals surface area (Å²) in [5, 5.41) is 2.93. The topological polar surface area (TPSA) is 42.0 Å². The Hall–Kier alpha value is -1.94. The average molecular weight is 331 g/mol. The van der Waals surface area contributed by atoms with E-state index in [0.717, 1.165) is 15.6 Å². The highest BCUT2D eigenvalue weighted by Gasteiger charge is 2.07. The maximum Gasteiger partial charge on any atom is 0.244 e. The van der Waals surface area contributed by atoms with Gasteiger partial charge in [0.1, 0.15) is 0 Å². The number of halogens is 1. The molecule has 0 aliphatic rings. The molecule has 0 fully saturated rings. The molecule has 1 N–H and O–H groups in total. The molecule has 1 heterocycles. The molecule has 0 radical (unpaired) electrons. The Bertz CT molecular complexity index is 611. The highest BCUT2D eigenvalue weighted by atomic mass is 79.9. The first-order valence-corrected chi connectivity index (χ1v) is 7.08. The first kappa shape index (κ1) is 14.5. The number of amides is 1. The van der Waals surface area contributed by atoms with Gasteiger partial charge in [-0.15, -0.1) is 0 Å². The summed E-state index contributed by atoms with van der Waals surface area (Å²) >= 11 is 3.42. The largest absolute Gasteiger partial charge is 0.346 e. The predicted molar refractivity (Wildman–Crippen MR) is 84.0 cm³/mol. The van der Waals surface area contributed by atoms with Crippen molar-refractivity contribution in [2.24, 2.45) is 0 Å². The SMILES string of the molecule is CC(NC(=O)/C=C/c1cccnc1)c1cccc(Br)c1. The van der Waals surface area contributed by atoms with Crippen LogP contribution < -0.4 is 5.32 Å². The number of aromatic nitrogens is 1. The zero-order valence-electron chi connectivity index (χ0n) is 11.1. The predicted octanol–water partition coefficient (Wildman–Crippen LogP) is 3.73. The van der Waals surface area contributed by atoms with Gasteiger partial charge in [0.25, 0.3) is 0 Å². The molecule has 0 spiro atoms. The maximum atomic E-state index is 11.9. The lowest BCUT2D eigenvalue weighted by Gasteiger charge is -2.13. The molecule has 0 aliphatic carbocycles. The molecule has 2 aromatic rings. The summed E-state index contributed by atoms with van der Waals surface area (Å²) in [6, 6.07) is 11.6. The lowest BCUT2D eigenvalue weighted by Crippen LogP contribution is -2.24. The molecule has 102 valence electrons. The molecular formula is C16H15BrN2O. The van der Waals surface area contributed by atoms with Crippen LogP contribution in [0.5, 0.6) is 0 Å². The summed E-state index contributed by atoms with van der Waals surface area (Å²) in [6.07, 6.45) is 6.68. The molecule has 1 aromatic carbocycles. The summed E-state index contributed by atoms with van der Waals surface area (Å²) in [6.45, 7) is 1.96. The first-order valence-electron chi connectivity index (χ1n) is 6.29. The molecule has 20 heavy (non-hydrogen) atoms. The quantitative estimate of drug-likeness (QED) is 0.868. The Morgan fingerprint density at radius 3 is 2.90 bits per heavy atom. The van der Waals surface area contributed by atoms with Crippen molar-refractivity contribution in [1.82, 2.24) is 10.3 Å². The number of rotatable bonds is 4. The van der Waals surface area contributed by atoms with Crippen LogP contribution in [0.15, 0.2) is 59.3 Å². The number of carbonyl (C=O) groups is 1. The third-order valence-corrected chi connectivity index (χ3v) is 3.31. The zero-order chi connectivity index (χ0) is 14.4. The van der Waals surface area contributed by atoms with Gasteiger partial charge < -0.3 is 5.32 Å². The van der Waals surface area contributed by atoms with Crippen molar-refractivity contribution in [3.63, 3.8) is 0 Å². The number of nitrogens with zero attached hydrogens (tertiary/aromatic N) is 1. The van der Waals surface area contributed by atoms with Crippen LogP contribution in [-0.4, -0.2) is 10.9 Å². The fourth-order valence-electron chi connectivity index (χ4n) is 1.77. The Morgan fingerprint density at radius 1 is 1.35 bits per heavy atom. The lowest BCUT2D eigenvalue weighted by molar-refractivity contribution is -0.117. The van der Waals surface area contributed by atoms with E-state index in [9.17, 15) is 4.79 Å². The molecule has 1 atom stereocenters. The Kier molecular flexibility index (Phi) is 5.07. The van der Waals surface area contributed by atoms with Crippen LogP contribution in [0.25, 0.3) is 6.08 Å². The monoisotopic (exact) mass is 330 g/mol. The number of hydrogen-bond acceptors (Lipinski definition) is 2. The summed E-state index contributed by atoms with van der Waals surface area (Å²) in [5.41, 5.74) is 1.96. The number of carbonyl (C=O) groups excluding carboxylic acids is 1. The van der Waals surface area contributed by atoms with Gasteiger partial charge in [-0.25, -0.2) is 0 Å². The van der Waals surface area contributed by atoms with Gasteiger partial charge in [0.05, 0.1) is 6.04 Å². The van der Waals surface area contributed by atoms with Crippen molar-refractivity contribution in [3.8, 4) is 0 Å². The van der Waals surface area contributed by atoms with Crippen LogP contribution in [0.1, 0.15) is 24.1 Å². The van der Waals surface area contributed by atoms with Gasteiger partial charge in [0.15, 0.2) is 0 Å². The highest BCUT2D eigenvalue weighted by molar-refractivity contribution is 9.10. The van der Waals surface area contributed by atoms with Crippen molar-refractivity contribution in [1.29, 1.82) is 0 Å². The zero-order valence-corrected chi connectivity index (χ0v) is 12.7. The van der Waals surface area contributed by atoms with Crippen LogP contribution in [-0.2, 0) is 4.79 Å². The molecule has 1 amide bonds. The molecule has 0 aliphatic heterocycles. The van der Waals surface area contributed by atoms with E-state index in [-0.39, 0.29) is 11.9 Å². The van der Waals surface area contributed by atoms with Gasteiger partial charge in [-0.2, -0.15) is 0 Å². The minimum absolute atomic E-state index is 0.0430. The molecule has 1 aromatic heterocycles. The molecule has 3 nitrogen and oxygen atoms in total. The van der Waals surface area contributed by atoms with E-state index in [1.54, 1.807) is 18.5 Å². The van der Waals surface area contributed by atoms with E-state index in [1.807, 2.05) is 43.3 Å². The fourth-order valence-corrected chi connectivity index (χ4v) is 2.18. The summed E-state index contributed by atoms with van der Waals surface area (Å²) in [4.78, 5) is 15.8. The molecule has 1 unspecified atom stereocenters. The Morgan fingerprint density at radius 2 is 2.20 bits per heavy atom. The summed E-state index contributed by atoms with van der Waals surface area (Å²) < 4.78 is 1.00. The number of benzene rings is 1. The van der Waals surface area contributed by atoms with E-state index >= 15 is 0 Å². The van der Waals surface area contributed by atoms with Crippen LogP contribution in [0, 0.1) is 0 Å². The lowest BCUT2D eigenvalue weighted by atomic mass is 10.1. The Labute approximate surface area is 126 Å². The van der Waals surface area contributed by atoms with Gasteiger partial charge >= 0.3 is 0 Å². The summed E-state index contributed by atoms with van der Waals surface area (Å²) in [7, 11) is 0.